The van der Waals surface area contributed by atoms with E-state index < -0.39 is 11.9 Å². The van der Waals surface area contributed by atoms with E-state index in [9.17, 15) is 19.8 Å². The molecule has 0 aromatic carbocycles. The number of carboxylic acids is 2. The number of rotatable bonds is 10. The Kier molecular flexibility index (Phi) is 56.7. The van der Waals surface area contributed by atoms with Gasteiger partial charge in [-0.2, -0.15) is 0 Å². The minimum Gasteiger partial charge on any atom is -0.550 e. The number of hydrogen-bond donors (Lipinski definition) is 0. The molecule has 0 aromatic rings. The second-order valence-corrected chi connectivity index (χ2v) is 4.37. The molecule has 0 fully saturated rings. The molecule has 0 saturated heterocycles. The van der Waals surface area contributed by atoms with Gasteiger partial charge in [-0.05, 0) is 25.7 Å². The second kappa shape index (κ2) is 32.9. The Hall–Kier alpha value is 0.0797. The maximum atomic E-state index is 9.85. The van der Waals surface area contributed by atoms with Crippen LogP contribution >= 0.6 is 0 Å². The largest absolute Gasteiger partial charge is 2.00 e. The SMILES string of the molecule is CCCCCCC(=O)[O-].CCCCCCC(=O)[O-].O.O.O.[Ca+2]. The zero-order valence-corrected chi connectivity index (χ0v) is 16.1. The zero-order valence-electron chi connectivity index (χ0n) is 13.9. The van der Waals surface area contributed by atoms with Crippen LogP contribution in [0, 0.1) is 0 Å². The molecular formula is C14H32CaO7. The average Bonchev–Trinajstić information content (AvgIpc) is 2.31. The van der Waals surface area contributed by atoms with Gasteiger partial charge < -0.3 is 36.2 Å². The van der Waals surface area contributed by atoms with E-state index >= 15 is 0 Å². The molecule has 6 N–H and O–H groups in total. The summed E-state index contributed by atoms with van der Waals surface area (Å²) in [7, 11) is 0. The Morgan fingerprint density at radius 1 is 0.636 bits per heavy atom. The molecule has 132 valence electrons. The number of carboxylic acid groups (broad SMARTS) is 2. The first-order valence-corrected chi connectivity index (χ1v) is 6.94. The molecule has 0 aromatic heterocycles. The van der Waals surface area contributed by atoms with Crippen molar-refractivity contribution in [2.45, 2.75) is 78.1 Å². The second-order valence-electron chi connectivity index (χ2n) is 4.37. The van der Waals surface area contributed by atoms with Crippen LogP contribution in [-0.4, -0.2) is 66.1 Å². The normalized spacial score (nSPS) is 7.73. The summed E-state index contributed by atoms with van der Waals surface area (Å²) in [6, 6.07) is 0. The maximum absolute atomic E-state index is 9.85. The first kappa shape index (κ1) is 37.9. The topological polar surface area (TPSA) is 175 Å². The molecule has 0 unspecified atom stereocenters. The molecule has 0 heterocycles. The van der Waals surface area contributed by atoms with E-state index in [0.29, 0.717) is 0 Å². The van der Waals surface area contributed by atoms with E-state index in [4.69, 9.17) is 0 Å². The van der Waals surface area contributed by atoms with Crippen LogP contribution in [0.5, 0.6) is 0 Å². The molecule has 0 aliphatic heterocycles. The van der Waals surface area contributed by atoms with Crippen molar-refractivity contribution in [1.82, 2.24) is 0 Å². The zero-order chi connectivity index (χ0) is 14.2. The third kappa shape index (κ3) is 50.1. The van der Waals surface area contributed by atoms with Gasteiger partial charge in [0.15, 0.2) is 0 Å². The first-order valence-electron chi connectivity index (χ1n) is 6.94. The van der Waals surface area contributed by atoms with Gasteiger partial charge in [0.05, 0.1) is 0 Å². The fourth-order valence-electron chi connectivity index (χ4n) is 1.39. The van der Waals surface area contributed by atoms with E-state index in [1.165, 1.54) is 0 Å². The van der Waals surface area contributed by atoms with E-state index in [0.717, 1.165) is 51.4 Å². The van der Waals surface area contributed by atoms with Gasteiger partial charge in [0, 0.05) is 11.9 Å². The number of hydrogen-bond acceptors (Lipinski definition) is 4. The van der Waals surface area contributed by atoms with Crippen LogP contribution in [-0.2, 0) is 9.59 Å². The molecule has 0 aliphatic carbocycles. The summed E-state index contributed by atoms with van der Waals surface area (Å²) in [5.41, 5.74) is 0. The minimum absolute atomic E-state index is 0. The molecule has 8 heteroatoms. The molecule has 0 atom stereocenters. The molecular weight excluding hydrogens is 320 g/mol. The van der Waals surface area contributed by atoms with Crippen molar-refractivity contribution in [2.24, 2.45) is 0 Å². The molecule has 7 nitrogen and oxygen atoms in total. The Morgan fingerprint density at radius 2 is 0.909 bits per heavy atom. The van der Waals surface area contributed by atoms with Crippen molar-refractivity contribution in [1.29, 1.82) is 0 Å². The Bertz CT molecular complexity index is 191. The Morgan fingerprint density at radius 3 is 1.09 bits per heavy atom. The van der Waals surface area contributed by atoms with Gasteiger partial charge in [-0.1, -0.05) is 52.4 Å². The van der Waals surface area contributed by atoms with Crippen LogP contribution in [0.15, 0.2) is 0 Å². The number of unbranched alkanes of at least 4 members (excludes halogenated alkanes) is 6. The quantitative estimate of drug-likeness (QED) is 0.346. The monoisotopic (exact) mass is 352 g/mol. The minimum atomic E-state index is -0.925. The van der Waals surface area contributed by atoms with Crippen LogP contribution in [0.4, 0.5) is 0 Å². The van der Waals surface area contributed by atoms with E-state index in [1.807, 2.05) is 0 Å². The summed E-state index contributed by atoms with van der Waals surface area (Å²) in [6.45, 7) is 4.19. The molecule has 0 aliphatic rings. The average molecular weight is 352 g/mol. The van der Waals surface area contributed by atoms with Crippen molar-refractivity contribution in [3.8, 4) is 0 Å². The van der Waals surface area contributed by atoms with E-state index in [1.54, 1.807) is 0 Å². The van der Waals surface area contributed by atoms with Crippen LogP contribution in [0.2, 0.25) is 0 Å². The Labute approximate surface area is 163 Å². The van der Waals surface area contributed by atoms with Gasteiger partial charge in [-0.3, -0.25) is 0 Å². The third-order valence-corrected chi connectivity index (χ3v) is 2.47. The summed E-state index contributed by atoms with van der Waals surface area (Å²) < 4.78 is 0. The summed E-state index contributed by atoms with van der Waals surface area (Å²) >= 11 is 0. The Balaban J connectivity index is -0.0000000492. The maximum Gasteiger partial charge on any atom is 2.00 e. The van der Waals surface area contributed by atoms with Crippen LogP contribution < -0.4 is 10.2 Å². The van der Waals surface area contributed by atoms with Crippen molar-refractivity contribution in [3.05, 3.63) is 0 Å². The van der Waals surface area contributed by atoms with Gasteiger partial charge >= 0.3 is 37.7 Å². The number of carbonyl (C=O) groups is 2. The predicted octanol–water partition coefficient (Wildman–Crippen LogP) is -1.44. The molecule has 0 rings (SSSR count). The molecule has 0 saturated carbocycles. The van der Waals surface area contributed by atoms with Crippen molar-refractivity contribution >= 4 is 49.7 Å². The number of aliphatic carboxylic acids is 2. The van der Waals surface area contributed by atoms with Crippen molar-refractivity contribution in [2.75, 3.05) is 0 Å². The smallest absolute Gasteiger partial charge is 0.550 e. The van der Waals surface area contributed by atoms with E-state index in [-0.39, 0.29) is 67.0 Å². The van der Waals surface area contributed by atoms with E-state index in [2.05, 4.69) is 13.8 Å². The van der Waals surface area contributed by atoms with Crippen molar-refractivity contribution < 1.29 is 36.2 Å². The standard InChI is InChI=1S/2C7H14O2.Ca.3H2O/c2*1-2-3-4-5-6-7(8)9;;;;/h2*2-6H2,1H3,(H,8,9);;3*1H2/q;;+2;;;/p-2. The van der Waals surface area contributed by atoms with Gasteiger partial charge in [-0.15, -0.1) is 0 Å². The molecule has 22 heavy (non-hydrogen) atoms. The van der Waals surface area contributed by atoms with Crippen molar-refractivity contribution in [3.63, 3.8) is 0 Å². The number of carbonyl (C=O) groups excluding carboxylic acids is 2. The summed E-state index contributed by atoms with van der Waals surface area (Å²) in [5, 5.41) is 19.7. The third-order valence-electron chi connectivity index (χ3n) is 2.47. The van der Waals surface area contributed by atoms with Gasteiger partial charge in [-0.25, -0.2) is 0 Å². The van der Waals surface area contributed by atoms with Gasteiger partial charge in [0.25, 0.3) is 0 Å². The molecule has 0 spiro atoms. The molecule has 0 radical (unpaired) electrons. The fourth-order valence-corrected chi connectivity index (χ4v) is 1.39. The summed E-state index contributed by atoms with van der Waals surface area (Å²) in [4.78, 5) is 19.7. The summed E-state index contributed by atoms with van der Waals surface area (Å²) in [5.74, 6) is -1.85. The molecule has 0 amide bonds. The predicted molar refractivity (Wildman–Crippen MR) is 84.1 cm³/mol. The van der Waals surface area contributed by atoms with Crippen LogP contribution in [0.1, 0.15) is 78.1 Å². The van der Waals surface area contributed by atoms with Crippen LogP contribution in [0.3, 0.4) is 0 Å². The summed E-state index contributed by atoms with van der Waals surface area (Å²) in [6.07, 6.45) is 8.59. The van der Waals surface area contributed by atoms with Gasteiger partial charge in [0.2, 0.25) is 0 Å². The molecule has 0 bridgehead atoms. The fraction of sp³-hybridized carbons (Fsp3) is 0.857. The first-order chi connectivity index (χ1) is 8.54. The van der Waals surface area contributed by atoms with Crippen LogP contribution in [0.25, 0.3) is 0 Å². The van der Waals surface area contributed by atoms with Gasteiger partial charge in [0.1, 0.15) is 0 Å².